The Balaban J connectivity index is 2.13. The third kappa shape index (κ3) is 2.03. The summed E-state index contributed by atoms with van der Waals surface area (Å²) in [6.45, 7) is 0.511. The standard InChI is InChI=1S/C13H13Cl2N3/c14-10-3-4-12(11(15)5-10)18-13(8-1-2-8)9(6-16)7-17-18/h3-5,7-8H,1-2,6,16H2. The lowest BCUT2D eigenvalue weighted by Gasteiger charge is -2.10. The zero-order valence-electron chi connectivity index (χ0n) is 9.74. The van der Waals surface area contributed by atoms with Gasteiger partial charge in [-0.1, -0.05) is 23.2 Å². The second-order valence-electron chi connectivity index (χ2n) is 4.54. The van der Waals surface area contributed by atoms with Crippen LogP contribution in [-0.4, -0.2) is 9.78 Å². The van der Waals surface area contributed by atoms with Gasteiger partial charge >= 0.3 is 0 Å². The molecule has 3 rings (SSSR count). The van der Waals surface area contributed by atoms with E-state index in [9.17, 15) is 0 Å². The molecule has 1 aromatic heterocycles. The fourth-order valence-electron chi connectivity index (χ4n) is 2.19. The van der Waals surface area contributed by atoms with Crippen LogP contribution in [0.1, 0.15) is 30.0 Å². The van der Waals surface area contributed by atoms with Gasteiger partial charge in [0.05, 0.1) is 22.6 Å². The van der Waals surface area contributed by atoms with E-state index in [1.807, 2.05) is 23.0 Å². The van der Waals surface area contributed by atoms with Gasteiger partial charge in [-0.15, -0.1) is 0 Å². The topological polar surface area (TPSA) is 43.8 Å². The summed E-state index contributed by atoms with van der Waals surface area (Å²) in [6.07, 6.45) is 4.23. The summed E-state index contributed by atoms with van der Waals surface area (Å²) in [5.74, 6) is 0.567. The highest BCUT2D eigenvalue weighted by Crippen LogP contribution is 2.43. The maximum absolute atomic E-state index is 6.24. The van der Waals surface area contributed by atoms with Crippen molar-refractivity contribution in [1.82, 2.24) is 9.78 Å². The molecule has 0 atom stereocenters. The Morgan fingerprint density at radius 3 is 2.72 bits per heavy atom. The van der Waals surface area contributed by atoms with Crippen molar-refractivity contribution >= 4 is 23.2 Å². The van der Waals surface area contributed by atoms with E-state index in [1.165, 1.54) is 18.5 Å². The number of hydrogen-bond acceptors (Lipinski definition) is 2. The number of halogens is 2. The summed E-state index contributed by atoms with van der Waals surface area (Å²) in [4.78, 5) is 0. The van der Waals surface area contributed by atoms with Gasteiger partial charge in [0.25, 0.3) is 0 Å². The van der Waals surface area contributed by atoms with Crippen LogP contribution in [0.15, 0.2) is 24.4 Å². The Labute approximate surface area is 115 Å². The lowest BCUT2D eigenvalue weighted by molar-refractivity contribution is 0.801. The molecule has 1 aliphatic carbocycles. The maximum atomic E-state index is 6.24. The van der Waals surface area contributed by atoms with Crippen LogP contribution in [0.5, 0.6) is 0 Å². The first-order chi connectivity index (χ1) is 8.70. The fourth-order valence-corrected chi connectivity index (χ4v) is 2.67. The number of hydrogen-bond donors (Lipinski definition) is 1. The van der Waals surface area contributed by atoms with Gasteiger partial charge in [-0.05, 0) is 31.0 Å². The highest BCUT2D eigenvalue weighted by molar-refractivity contribution is 6.35. The Kier molecular flexibility index (Phi) is 3.06. The Hall–Kier alpha value is -1.03. The smallest absolute Gasteiger partial charge is 0.0836 e. The van der Waals surface area contributed by atoms with Gasteiger partial charge in [-0.3, -0.25) is 0 Å². The first-order valence-electron chi connectivity index (χ1n) is 5.93. The first kappa shape index (κ1) is 12.0. The molecular weight excluding hydrogens is 269 g/mol. The second kappa shape index (κ2) is 4.57. The van der Waals surface area contributed by atoms with Gasteiger partial charge in [-0.2, -0.15) is 5.10 Å². The number of nitrogens with two attached hydrogens (primary N) is 1. The molecule has 1 aromatic carbocycles. The minimum atomic E-state index is 0.511. The Morgan fingerprint density at radius 2 is 2.11 bits per heavy atom. The minimum absolute atomic E-state index is 0.511. The van der Waals surface area contributed by atoms with Crippen molar-refractivity contribution in [3.8, 4) is 5.69 Å². The molecule has 0 bridgehead atoms. The summed E-state index contributed by atoms with van der Waals surface area (Å²) < 4.78 is 1.90. The molecule has 1 heterocycles. The van der Waals surface area contributed by atoms with E-state index in [1.54, 1.807) is 6.07 Å². The number of benzene rings is 1. The van der Waals surface area contributed by atoms with Crippen molar-refractivity contribution in [2.24, 2.45) is 5.73 Å². The number of nitrogens with zero attached hydrogens (tertiary/aromatic N) is 2. The molecule has 0 amide bonds. The monoisotopic (exact) mass is 281 g/mol. The van der Waals surface area contributed by atoms with Crippen molar-refractivity contribution in [3.63, 3.8) is 0 Å². The lowest BCUT2D eigenvalue weighted by Crippen LogP contribution is -2.05. The third-order valence-corrected chi connectivity index (χ3v) is 3.75. The third-order valence-electron chi connectivity index (χ3n) is 3.21. The van der Waals surface area contributed by atoms with Gasteiger partial charge in [-0.25, -0.2) is 4.68 Å². The van der Waals surface area contributed by atoms with Crippen molar-refractivity contribution in [2.75, 3.05) is 0 Å². The molecule has 0 spiro atoms. The highest BCUT2D eigenvalue weighted by atomic mass is 35.5. The van der Waals surface area contributed by atoms with Crippen molar-refractivity contribution in [2.45, 2.75) is 25.3 Å². The molecule has 0 aliphatic heterocycles. The van der Waals surface area contributed by atoms with Crippen molar-refractivity contribution < 1.29 is 0 Å². The second-order valence-corrected chi connectivity index (χ2v) is 5.38. The van der Waals surface area contributed by atoms with Crippen molar-refractivity contribution in [1.29, 1.82) is 0 Å². The molecule has 18 heavy (non-hydrogen) atoms. The van der Waals surface area contributed by atoms with Gasteiger partial charge in [0.1, 0.15) is 0 Å². The van der Waals surface area contributed by atoms with Gasteiger partial charge in [0.2, 0.25) is 0 Å². The maximum Gasteiger partial charge on any atom is 0.0836 e. The van der Waals surface area contributed by atoms with Gasteiger partial charge < -0.3 is 5.73 Å². The summed E-state index contributed by atoms with van der Waals surface area (Å²) in [5, 5.41) is 5.65. The van der Waals surface area contributed by atoms with E-state index in [-0.39, 0.29) is 0 Å². The predicted octanol–water partition coefficient (Wildman–Crippen LogP) is 3.52. The van der Waals surface area contributed by atoms with Crippen LogP contribution in [0.4, 0.5) is 0 Å². The lowest BCUT2D eigenvalue weighted by atomic mass is 10.1. The quantitative estimate of drug-likeness (QED) is 0.936. The van der Waals surface area contributed by atoms with Crippen LogP contribution in [0, 0.1) is 0 Å². The normalized spacial score (nSPS) is 15.1. The van der Waals surface area contributed by atoms with Gasteiger partial charge in [0, 0.05) is 23.0 Å². The zero-order chi connectivity index (χ0) is 12.7. The van der Waals surface area contributed by atoms with Crippen LogP contribution in [0.3, 0.4) is 0 Å². The van der Waals surface area contributed by atoms with E-state index in [0.717, 1.165) is 11.3 Å². The average Bonchev–Trinajstić information content (AvgIpc) is 3.09. The molecule has 1 saturated carbocycles. The fraction of sp³-hybridized carbons (Fsp3) is 0.308. The highest BCUT2D eigenvalue weighted by Gasteiger charge is 2.30. The van der Waals surface area contributed by atoms with E-state index < -0.39 is 0 Å². The first-order valence-corrected chi connectivity index (χ1v) is 6.68. The van der Waals surface area contributed by atoms with E-state index in [2.05, 4.69) is 5.10 Å². The summed E-state index contributed by atoms with van der Waals surface area (Å²) in [7, 11) is 0. The molecule has 2 aromatic rings. The molecule has 1 fully saturated rings. The summed E-state index contributed by atoms with van der Waals surface area (Å²) >= 11 is 12.2. The largest absolute Gasteiger partial charge is 0.326 e. The predicted molar refractivity (Wildman–Crippen MR) is 73.5 cm³/mol. The zero-order valence-corrected chi connectivity index (χ0v) is 11.2. The van der Waals surface area contributed by atoms with E-state index in [0.29, 0.717) is 22.5 Å². The molecule has 3 nitrogen and oxygen atoms in total. The Bertz CT molecular complexity index is 588. The number of aromatic nitrogens is 2. The van der Waals surface area contributed by atoms with Crippen LogP contribution < -0.4 is 5.73 Å². The average molecular weight is 282 g/mol. The molecular formula is C13H13Cl2N3. The van der Waals surface area contributed by atoms with Gasteiger partial charge in [0.15, 0.2) is 0 Å². The molecule has 0 radical (unpaired) electrons. The molecule has 1 aliphatic rings. The Morgan fingerprint density at radius 1 is 1.33 bits per heavy atom. The molecule has 0 unspecified atom stereocenters. The molecule has 2 N–H and O–H groups in total. The number of rotatable bonds is 3. The van der Waals surface area contributed by atoms with Crippen LogP contribution >= 0.6 is 23.2 Å². The molecule has 5 heteroatoms. The summed E-state index contributed by atoms with van der Waals surface area (Å²) in [5.41, 5.74) is 8.92. The van der Waals surface area contributed by atoms with Crippen LogP contribution in [-0.2, 0) is 6.54 Å². The minimum Gasteiger partial charge on any atom is -0.326 e. The SMILES string of the molecule is NCc1cnn(-c2ccc(Cl)cc2Cl)c1C1CC1. The van der Waals surface area contributed by atoms with Crippen molar-refractivity contribution in [3.05, 3.63) is 45.7 Å². The molecule has 94 valence electrons. The molecule has 0 saturated heterocycles. The summed E-state index contributed by atoms with van der Waals surface area (Å²) in [6, 6.07) is 5.45. The van der Waals surface area contributed by atoms with E-state index in [4.69, 9.17) is 28.9 Å². The van der Waals surface area contributed by atoms with E-state index >= 15 is 0 Å². The van der Waals surface area contributed by atoms with Crippen LogP contribution in [0.25, 0.3) is 5.69 Å². The van der Waals surface area contributed by atoms with Crippen LogP contribution in [0.2, 0.25) is 10.0 Å².